The Balaban J connectivity index is 1.47. The Morgan fingerprint density at radius 2 is 1.80 bits per heavy atom. The molecule has 1 aliphatic rings. The van der Waals surface area contributed by atoms with Gasteiger partial charge in [-0.15, -0.1) is 5.10 Å². The first-order valence-corrected chi connectivity index (χ1v) is 11.2. The number of hydrogen-bond donors (Lipinski definition) is 1. The molecule has 35 heavy (non-hydrogen) atoms. The predicted molar refractivity (Wildman–Crippen MR) is 129 cm³/mol. The second-order valence-electron chi connectivity index (χ2n) is 8.29. The Morgan fingerprint density at radius 1 is 0.971 bits per heavy atom. The molecular weight excluding hydrogens is 444 g/mol. The SMILES string of the molecule is COc1ccc(Cc2nc3c4c(ncn3n2)Oc2cc(O)ccc2C4c2ccccc2)cc1OC. The highest BCUT2D eigenvalue weighted by atomic mass is 16.5. The lowest BCUT2D eigenvalue weighted by atomic mass is 9.84. The minimum atomic E-state index is -0.176. The monoisotopic (exact) mass is 466 g/mol. The summed E-state index contributed by atoms with van der Waals surface area (Å²) in [6.45, 7) is 0. The number of fused-ring (bicyclic) bond motifs is 4. The zero-order valence-corrected chi connectivity index (χ0v) is 19.2. The molecule has 1 atom stereocenters. The molecule has 1 unspecified atom stereocenters. The molecule has 3 heterocycles. The Bertz CT molecular complexity index is 1550. The van der Waals surface area contributed by atoms with E-state index in [1.165, 1.54) is 0 Å². The van der Waals surface area contributed by atoms with Crippen LogP contribution in [0.25, 0.3) is 5.65 Å². The molecule has 174 valence electrons. The summed E-state index contributed by atoms with van der Waals surface area (Å²) >= 11 is 0. The summed E-state index contributed by atoms with van der Waals surface area (Å²) < 4.78 is 18.6. The third-order valence-corrected chi connectivity index (χ3v) is 6.18. The van der Waals surface area contributed by atoms with Gasteiger partial charge < -0.3 is 19.3 Å². The second-order valence-corrected chi connectivity index (χ2v) is 8.29. The first kappa shape index (κ1) is 21.0. The van der Waals surface area contributed by atoms with Gasteiger partial charge in [-0.2, -0.15) is 0 Å². The van der Waals surface area contributed by atoms with Crippen molar-refractivity contribution in [2.24, 2.45) is 0 Å². The number of ether oxygens (including phenoxy) is 3. The van der Waals surface area contributed by atoms with Crippen LogP contribution in [0.2, 0.25) is 0 Å². The molecule has 0 bridgehead atoms. The van der Waals surface area contributed by atoms with Gasteiger partial charge in [0.25, 0.3) is 0 Å². The molecule has 0 amide bonds. The zero-order valence-electron chi connectivity index (χ0n) is 19.2. The molecule has 1 aliphatic heterocycles. The second kappa shape index (κ2) is 8.32. The Kier molecular flexibility index (Phi) is 4.99. The highest BCUT2D eigenvalue weighted by molar-refractivity contribution is 5.66. The maximum absolute atomic E-state index is 10.0. The lowest BCUT2D eigenvalue weighted by Gasteiger charge is -2.27. The van der Waals surface area contributed by atoms with Crippen LogP contribution in [0.4, 0.5) is 0 Å². The van der Waals surface area contributed by atoms with Gasteiger partial charge in [-0.25, -0.2) is 14.5 Å². The van der Waals surface area contributed by atoms with Crippen LogP contribution in [-0.2, 0) is 6.42 Å². The summed E-state index contributed by atoms with van der Waals surface area (Å²) in [5, 5.41) is 14.7. The van der Waals surface area contributed by atoms with E-state index in [1.54, 1.807) is 37.2 Å². The average Bonchev–Trinajstić information content (AvgIpc) is 3.30. The van der Waals surface area contributed by atoms with Gasteiger partial charge in [-0.05, 0) is 29.3 Å². The minimum Gasteiger partial charge on any atom is -0.508 e. The molecule has 8 heteroatoms. The highest BCUT2D eigenvalue weighted by Crippen LogP contribution is 2.48. The fourth-order valence-corrected chi connectivity index (χ4v) is 4.59. The Hall–Kier alpha value is -4.59. The van der Waals surface area contributed by atoms with Crippen LogP contribution < -0.4 is 14.2 Å². The lowest BCUT2D eigenvalue weighted by Crippen LogP contribution is -2.14. The van der Waals surface area contributed by atoms with Gasteiger partial charge >= 0.3 is 0 Å². The predicted octanol–water partition coefficient (Wildman–Crippen LogP) is 4.72. The third kappa shape index (κ3) is 3.59. The van der Waals surface area contributed by atoms with E-state index in [0.717, 1.165) is 22.3 Å². The molecule has 0 saturated carbocycles. The topological polar surface area (TPSA) is 91.0 Å². The molecule has 0 radical (unpaired) electrons. The van der Waals surface area contributed by atoms with E-state index in [1.807, 2.05) is 42.5 Å². The van der Waals surface area contributed by atoms with Gasteiger partial charge in [0.15, 0.2) is 23.0 Å². The summed E-state index contributed by atoms with van der Waals surface area (Å²) in [6, 6.07) is 21.1. The van der Waals surface area contributed by atoms with Crippen molar-refractivity contribution >= 4 is 5.65 Å². The lowest BCUT2D eigenvalue weighted by molar-refractivity contribution is 0.354. The number of methoxy groups -OCH3 is 2. The Labute approximate surface area is 201 Å². The highest BCUT2D eigenvalue weighted by Gasteiger charge is 2.33. The maximum Gasteiger partial charge on any atom is 0.228 e. The average molecular weight is 466 g/mol. The van der Waals surface area contributed by atoms with Crippen molar-refractivity contribution in [2.75, 3.05) is 14.2 Å². The van der Waals surface area contributed by atoms with Crippen molar-refractivity contribution < 1.29 is 19.3 Å². The van der Waals surface area contributed by atoms with Crippen LogP contribution in [0, 0.1) is 0 Å². The normalized spacial score (nSPS) is 14.2. The maximum atomic E-state index is 10.0. The molecule has 0 fully saturated rings. The van der Waals surface area contributed by atoms with Gasteiger partial charge in [-0.1, -0.05) is 42.5 Å². The van der Waals surface area contributed by atoms with Crippen molar-refractivity contribution in [3.8, 4) is 28.9 Å². The Morgan fingerprint density at radius 3 is 2.60 bits per heavy atom. The molecule has 0 spiro atoms. The molecule has 8 nitrogen and oxygen atoms in total. The molecule has 6 rings (SSSR count). The number of benzene rings is 3. The molecule has 1 N–H and O–H groups in total. The number of nitrogens with zero attached hydrogens (tertiary/aromatic N) is 4. The van der Waals surface area contributed by atoms with Crippen molar-refractivity contribution in [1.82, 2.24) is 19.6 Å². The van der Waals surface area contributed by atoms with Crippen molar-refractivity contribution in [3.63, 3.8) is 0 Å². The van der Waals surface area contributed by atoms with Gasteiger partial charge in [0, 0.05) is 24.0 Å². The number of aromatic hydroxyl groups is 1. The summed E-state index contributed by atoms with van der Waals surface area (Å²) in [5.41, 5.74) is 4.52. The standard InChI is InChI=1S/C27H22N4O4/c1-33-20-11-8-16(12-22(20)34-2)13-23-29-26-25-24(17-6-4-3-5-7-17)19-10-9-18(32)14-21(19)35-27(25)28-15-31(26)30-23/h3-12,14-15,24,32H,13H2,1-2H3. The van der Waals surface area contributed by atoms with Crippen LogP contribution in [0.3, 0.4) is 0 Å². The minimum absolute atomic E-state index is 0.139. The first-order chi connectivity index (χ1) is 17.1. The summed E-state index contributed by atoms with van der Waals surface area (Å²) in [4.78, 5) is 9.44. The quantitative estimate of drug-likeness (QED) is 0.393. The van der Waals surface area contributed by atoms with Gasteiger partial charge in [0.1, 0.15) is 17.8 Å². The van der Waals surface area contributed by atoms with E-state index < -0.39 is 0 Å². The number of phenols is 1. The fourth-order valence-electron chi connectivity index (χ4n) is 4.59. The fraction of sp³-hybridized carbons (Fsp3) is 0.148. The summed E-state index contributed by atoms with van der Waals surface area (Å²) in [7, 11) is 3.23. The number of hydrogen-bond acceptors (Lipinski definition) is 7. The van der Waals surface area contributed by atoms with Crippen molar-refractivity contribution in [3.05, 3.63) is 101 Å². The van der Waals surface area contributed by atoms with E-state index in [9.17, 15) is 5.11 Å². The molecule has 5 aromatic rings. The van der Waals surface area contributed by atoms with Crippen LogP contribution >= 0.6 is 0 Å². The van der Waals surface area contributed by atoms with Crippen molar-refractivity contribution in [2.45, 2.75) is 12.3 Å². The van der Waals surface area contributed by atoms with Crippen LogP contribution in [-0.4, -0.2) is 38.9 Å². The van der Waals surface area contributed by atoms with Crippen LogP contribution in [0.1, 0.15) is 34.0 Å². The van der Waals surface area contributed by atoms with Crippen LogP contribution in [0.15, 0.2) is 73.1 Å². The summed E-state index contributed by atoms with van der Waals surface area (Å²) in [6.07, 6.45) is 2.12. The largest absolute Gasteiger partial charge is 0.508 e. The van der Waals surface area contributed by atoms with Gasteiger partial charge in [0.05, 0.1) is 19.8 Å². The van der Waals surface area contributed by atoms with Crippen molar-refractivity contribution in [1.29, 1.82) is 0 Å². The number of aromatic nitrogens is 4. The van der Waals surface area contributed by atoms with E-state index in [-0.39, 0.29) is 11.7 Å². The molecular formula is C27H22N4O4. The summed E-state index contributed by atoms with van der Waals surface area (Å²) in [5.74, 6) is 2.97. The number of rotatable bonds is 5. The van der Waals surface area contributed by atoms with E-state index in [2.05, 4.69) is 22.2 Å². The van der Waals surface area contributed by atoms with Gasteiger partial charge in [0.2, 0.25) is 5.88 Å². The smallest absolute Gasteiger partial charge is 0.228 e. The molecule has 3 aromatic carbocycles. The molecule has 2 aromatic heterocycles. The van der Waals surface area contributed by atoms with Crippen LogP contribution in [0.5, 0.6) is 28.9 Å². The first-order valence-electron chi connectivity index (χ1n) is 11.2. The molecule has 0 saturated heterocycles. The van der Waals surface area contributed by atoms with E-state index in [4.69, 9.17) is 19.2 Å². The van der Waals surface area contributed by atoms with E-state index in [0.29, 0.717) is 41.0 Å². The third-order valence-electron chi connectivity index (χ3n) is 6.18. The van der Waals surface area contributed by atoms with Gasteiger partial charge in [-0.3, -0.25) is 0 Å². The van der Waals surface area contributed by atoms with E-state index >= 15 is 0 Å². The molecule has 0 aliphatic carbocycles. The number of phenolic OH excluding ortho intramolecular Hbond substituents is 1. The zero-order chi connectivity index (χ0) is 23.9.